The maximum absolute atomic E-state index is 12.1. The molecule has 1 atom stereocenters. The quantitative estimate of drug-likeness (QED) is 0.745. The van der Waals surface area contributed by atoms with Crippen molar-refractivity contribution in [2.45, 2.75) is 39.2 Å². The Bertz CT molecular complexity index is 329. The van der Waals surface area contributed by atoms with Crippen LogP contribution in [0.1, 0.15) is 42.1 Å². The van der Waals surface area contributed by atoms with Crippen molar-refractivity contribution in [3.05, 3.63) is 35.4 Å². The second kappa shape index (κ2) is 6.44. The molecule has 0 heterocycles. The molecule has 1 aromatic carbocycles. The van der Waals surface area contributed by atoms with Crippen LogP contribution in [0.5, 0.6) is 0 Å². The van der Waals surface area contributed by atoms with Crippen LogP contribution in [-0.4, -0.2) is 18.9 Å². The molecule has 0 fully saturated rings. The minimum absolute atomic E-state index is 0.0392. The number of Topliss-reactive ketones (excluding diaryl/α,β-unsaturated/α-hetero) is 1. The molecule has 16 heavy (non-hydrogen) atoms. The van der Waals surface area contributed by atoms with Crippen LogP contribution in [-0.2, 0) is 0 Å². The molecule has 0 radical (unpaired) electrons. The highest BCUT2D eigenvalue weighted by molar-refractivity contribution is 6.00. The van der Waals surface area contributed by atoms with Gasteiger partial charge >= 0.3 is 0 Å². The summed E-state index contributed by atoms with van der Waals surface area (Å²) in [6.07, 6.45) is 3.13. The van der Waals surface area contributed by atoms with Gasteiger partial charge in [0, 0.05) is 5.56 Å². The summed E-state index contributed by atoms with van der Waals surface area (Å²) >= 11 is 0. The molecule has 2 nitrogen and oxygen atoms in total. The fourth-order valence-corrected chi connectivity index (χ4v) is 1.73. The smallest absolute Gasteiger partial charge is 0.179 e. The Morgan fingerprint density at radius 2 is 1.94 bits per heavy atom. The molecule has 0 saturated heterocycles. The van der Waals surface area contributed by atoms with Crippen LogP contribution in [0.3, 0.4) is 0 Å². The van der Waals surface area contributed by atoms with Gasteiger partial charge in [0.15, 0.2) is 5.78 Å². The number of ketones is 1. The molecule has 0 aromatic heterocycles. The zero-order chi connectivity index (χ0) is 12.0. The van der Waals surface area contributed by atoms with Gasteiger partial charge in [-0.1, -0.05) is 49.6 Å². The summed E-state index contributed by atoms with van der Waals surface area (Å²) in [5, 5.41) is 3.10. The Kier molecular flexibility index (Phi) is 5.20. The third-order valence-electron chi connectivity index (χ3n) is 2.85. The Morgan fingerprint density at radius 3 is 2.44 bits per heavy atom. The van der Waals surface area contributed by atoms with E-state index >= 15 is 0 Å². The highest BCUT2D eigenvalue weighted by Gasteiger charge is 2.16. The van der Waals surface area contributed by atoms with Crippen LogP contribution < -0.4 is 5.32 Å². The summed E-state index contributed by atoms with van der Waals surface area (Å²) in [5.74, 6) is 0.205. The Labute approximate surface area is 98.1 Å². The Balaban J connectivity index is 2.70. The van der Waals surface area contributed by atoms with Crippen molar-refractivity contribution in [2.24, 2.45) is 0 Å². The minimum Gasteiger partial charge on any atom is -0.310 e. The third-order valence-corrected chi connectivity index (χ3v) is 2.85. The van der Waals surface area contributed by atoms with Crippen LogP contribution in [0.25, 0.3) is 0 Å². The molecule has 0 saturated carbocycles. The molecule has 1 rings (SSSR count). The van der Waals surface area contributed by atoms with E-state index in [1.165, 1.54) is 5.56 Å². The van der Waals surface area contributed by atoms with Gasteiger partial charge in [-0.05, 0) is 20.4 Å². The fourth-order valence-electron chi connectivity index (χ4n) is 1.73. The first-order valence-corrected chi connectivity index (χ1v) is 5.97. The molecule has 0 amide bonds. The van der Waals surface area contributed by atoms with Crippen molar-refractivity contribution in [3.8, 4) is 0 Å². The van der Waals surface area contributed by atoms with E-state index in [-0.39, 0.29) is 11.8 Å². The van der Waals surface area contributed by atoms with E-state index < -0.39 is 0 Å². The zero-order valence-corrected chi connectivity index (χ0v) is 10.4. The maximum atomic E-state index is 12.1. The summed E-state index contributed by atoms with van der Waals surface area (Å²) in [4.78, 5) is 12.1. The second-order valence-corrected chi connectivity index (χ2v) is 4.21. The fraction of sp³-hybridized carbons (Fsp3) is 0.500. The molecule has 0 aliphatic carbocycles. The van der Waals surface area contributed by atoms with Crippen LogP contribution in [0.2, 0.25) is 0 Å². The van der Waals surface area contributed by atoms with E-state index in [2.05, 4.69) is 12.2 Å². The first-order chi connectivity index (χ1) is 7.69. The van der Waals surface area contributed by atoms with E-state index in [0.29, 0.717) is 0 Å². The third kappa shape index (κ3) is 3.46. The van der Waals surface area contributed by atoms with Gasteiger partial charge in [0.25, 0.3) is 0 Å². The summed E-state index contributed by atoms with van der Waals surface area (Å²) < 4.78 is 0. The van der Waals surface area contributed by atoms with Crippen LogP contribution in [0.4, 0.5) is 0 Å². The number of rotatable bonds is 6. The summed E-state index contributed by atoms with van der Waals surface area (Å²) in [7, 11) is 1.85. The SMILES string of the molecule is CCCCC(NC)C(=O)c1ccc(C)cc1. The first kappa shape index (κ1) is 12.9. The normalized spacial score (nSPS) is 12.4. The maximum Gasteiger partial charge on any atom is 0.179 e. The number of hydrogen-bond acceptors (Lipinski definition) is 2. The summed E-state index contributed by atoms with van der Waals surface area (Å²) in [5.41, 5.74) is 1.99. The van der Waals surface area contributed by atoms with Crippen LogP contribution in [0.15, 0.2) is 24.3 Å². The molecule has 88 valence electrons. The van der Waals surface area contributed by atoms with E-state index in [0.717, 1.165) is 24.8 Å². The topological polar surface area (TPSA) is 29.1 Å². The predicted octanol–water partition coefficient (Wildman–Crippen LogP) is 2.96. The number of nitrogens with one attached hydrogen (secondary N) is 1. The van der Waals surface area contributed by atoms with Gasteiger partial charge in [0.1, 0.15) is 0 Å². The van der Waals surface area contributed by atoms with Gasteiger partial charge in [0.05, 0.1) is 6.04 Å². The number of hydrogen-bond donors (Lipinski definition) is 1. The van der Waals surface area contributed by atoms with Crippen LogP contribution in [0, 0.1) is 6.92 Å². The average Bonchev–Trinajstić information content (AvgIpc) is 2.30. The highest BCUT2D eigenvalue weighted by Crippen LogP contribution is 2.10. The molecule has 0 aliphatic heterocycles. The number of unbranched alkanes of at least 4 members (excludes halogenated alkanes) is 1. The number of carbonyl (C=O) groups excluding carboxylic acids is 1. The van der Waals surface area contributed by atoms with E-state index in [4.69, 9.17) is 0 Å². The van der Waals surface area contributed by atoms with Gasteiger partial charge in [-0.3, -0.25) is 4.79 Å². The van der Waals surface area contributed by atoms with Crippen molar-refractivity contribution in [1.82, 2.24) is 5.32 Å². The summed E-state index contributed by atoms with van der Waals surface area (Å²) in [6.45, 7) is 4.17. The molecule has 0 aliphatic rings. The molecule has 1 aromatic rings. The lowest BCUT2D eigenvalue weighted by Crippen LogP contribution is -2.33. The van der Waals surface area contributed by atoms with E-state index in [1.54, 1.807) is 0 Å². The zero-order valence-electron chi connectivity index (χ0n) is 10.4. The lowest BCUT2D eigenvalue weighted by atomic mass is 9.99. The largest absolute Gasteiger partial charge is 0.310 e. The van der Waals surface area contributed by atoms with Crippen molar-refractivity contribution >= 4 is 5.78 Å². The van der Waals surface area contributed by atoms with Crippen molar-refractivity contribution in [3.63, 3.8) is 0 Å². The van der Waals surface area contributed by atoms with E-state index in [1.807, 2.05) is 38.2 Å². The molecule has 0 spiro atoms. The highest BCUT2D eigenvalue weighted by atomic mass is 16.1. The van der Waals surface area contributed by atoms with Gasteiger partial charge in [-0.2, -0.15) is 0 Å². The van der Waals surface area contributed by atoms with Crippen molar-refractivity contribution in [2.75, 3.05) is 7.05 Å². The Morgan fingerprint density at radius 1 is 1.31 bits per heavy atom. The van der Waals surface area contributed by atoms with Gasteiger partial charge < -0.3 is 5.32 Å². The molecule has 1 unspecified atom stereocenters. The lowest BCUT2D eigenvalue weighted by molar-refractivity contribution is 0.0941. The molecule has 0 bridgehead atoms. The van der Waals surface area contributed by atoms with Gasteiger partial charge in [-0.25, -0.2) is 0 Å². The van der Waals surface area contributed by atoms with Crippen LogP contribution >= 0.6 is 0 Å². The van der Waals surface area contributed by atoms with Gasteiger partial charge in [0.2, 0.25) is 0 Å². The standard InChI is InChI=1S/C14H21NO/c1-4-5-6-13(15-3)14(16)12-9-7-11(2)8-10-12/h7-10,13,15H,4-6H2,1-3H3. The molecule has 1 N–H and O–H groups in total. The molecular weight excluding hydrogens is 198 g/mol. The van der Waals surface area contributed by atoms with Crippen molar-refractivity contribution < 1.29 is 4.79 Å². The number of carbonyl (C=O) groups is 1. The number of aryl methyl sites for hydroxylation is 1. The Hall–Kier alpha value is -1.15. The number of likely N-dealkylation sites (N-methyl/N-ethyl adjacent to an activating group) is 1. The second-order valence-electron chi connectivity index (χ2n) is 4.21. The summed E-state index contributed by atoms with van der Waals surface area (Å²) in [6, 6.07) is 7.75. The monoisotopic (exact) mass is 219 g/mol. The average molecular weight is 219 g/mol. The van der Waals surface area contributed by atoms with E-state index in [9.17, 15) is 4.79 Å². The van der Waals surface area contributed by atoms with Crippen molar-refractivity contribution in [1.29, 1.82) is 0 Å². The predicted molar refractivity (Wildman–Crippen MR) is 67.9 cm³/mol. The van der Waals surface area contributed by atoms with Gasteiger partial charge in [-0.15, -0.1) is 0 Å². The molecular formula is C14H21NO. The minimum atomic E-state index is -0.0392. The lowest BCUT2D eigenvalue weighted by Gasteiger charge is -2.14. The first-order valence-electron chi connectivity index (χ1n) is 5.97. The molecule has 2 heteroatoms. The number of benzene rings is 1.